The Labute approximate surface area is 68.2 Å². The molecule has 0 aliphatic rings. The molecule has 1 heterocycles. The molecule has 0 saturated carbocycles. The molecule has 3 heteroatoms. The molecular weight excluding hydrogens is 135 g/mol. The normalized spacial score (nSPS) is 9.64. The largest absolute Gasteiger partial charge is 0.251 e. The lowest BCUT2D eigenvalue weighted by atomic mass is 9.43. The molecule has 0 aliphatic heterocycles. The summed E-state index contributed by atoms with van der Waals surface area (Å²) in [6, 6.07) is 2.00. The number of rotatable bonds is 3. The topological polar surface area (TPSA) is 25.8 Å². The van der Waals surface area contributed by atoms with Crippen LogP contribution in [0.5, 0.6) is 0 Å². The van der Waals surface area contributed by atoms with Crippen LogP contribution in [0.1, 0.15) is 13.8 Å². The summed E-state index contributed by atoms with van der Waals surface area (Å²) in [5, 5.41) is 0. The first-order valence-corrected chi connectivity index (χ1v) is 4.14. The average molecular weight is 148 g/mol. The van der Waals surface area contributed by atoms with Crippen molar-refractivity contribution in [3.05, 3.63) is 18.6 Å². The molecule has 0 unspecified atom stereocenters. The quantitative estimate of drug-likeness (QED) is 0.602. The van der Waals surface area contributed by atoms with Gasteiger partial charge in [0.15, 0.2) is 6.71 Å². The smallest absolute Gasteiger partial charge is 0.199 e. The highest BCUT2D eigenvalue weighted by molar-refractivity contribution is 6.72. The van der Waals surface area contributed by atoms with Crippen molar-refractivity contribution >= 4 is 12.3 Å². The van der Waals surface area contributed by atoms with Gasteiger partial charge < -0.3 is 0 Å². The van der Waals surface area contributed by atoms with Crippen LogP contribution in [0.4, 0.5) is 0 Å². The van der Waals surface area contributed by atoms with Crippen molar-refractivity contribution in [2.45, 2.75) is 26.5 Å². The van der Waals surface area contributed by atoms with E-state index in [2.05, 4.69) is 23.8 Å². The Kier molecular flexibility index (Phi) is 3.08. The van der Waals surface area contributed by atoms with Gasteiger partial charge in [-0.2, -0.15) is 0 Å². The minimum atomic E-state index is 0.609. The lowest BCUT2D eigenvalue weighted by molar-refractivity contribution is 1.18. The molecule has 0 aromatic carbocycles. The first kappa shape index (κ1) is 8.24. The van der Waals surface area contributed by atoms with Gasteiger partial charge in [-0.3, -0.25) is 4.98 Å². The molecule has 2 nitrogen and oxygen atoms in total. The molecular formula is C8H13BN2. The summed E-state index contributed by atoms with van der Waals surface area (Å²) in [5.74, 6) is 0. The fourth-order valence-corrected chi connectivity index (χ4v) is 1.25. The van der Waals surface area contributed by atoms with Crippen LogP contribution in [0, 0.1) is 0 Å². The minimum Gasteiger partial charge on any atom is -0.251 e. The third-order valence-corrected chi connectivity index (χ3v) is 2.01. The standard InChI is InChI=1S/C8H13BN2/c1-3-9(4-2)8-5-6-10-7-11-8/h5-7H,3-4H2,1-2H3. The van der Waals surface area contributed by atoms with Crippen LogP contribution < -0.4 is 5.59 Å². The molecule has 0 radical (unpaired) electrons. The van der Waals surface area contributed by atoms with E-state index in [4.69, 9.17) is 0 Å². The van der Waals surface area contributed by atoms with E-state index >= 15 is 0 Å². The SMILES string of the molecule is CCB(CC)c1ccncn1. The molecule has 0 aliphatic carbocycles. The molecule has 0 bridgehead atoms. The fourth-order valence-electron chi connectivity index (χ4n) is 1.25. The molecule has 0 atom stereocenters. The summed E-state index contributed by atoms with van der Waals surface area (Å²) < 4.78 is 0. The molecule has 0 N–H and O–H groups in total. The zero-order valence-corrected chi connectivity index (χ0v) is 7.12. The highest BCUT2D eigenvalue weighted by Crippen LogP contribution is 1.96. The van der Waals surface area contributed by atoms with Crippen LogP contribution in [-0.4, -0.2) is 16.7 Å². The zero-order chi connectivity index (χ0) is 8.10. The molecule has 1 rings (SSSR count). The van der Waals surface area contributed by atoms with Gasteiger partial charge >= 0.3 is 0 Å². The van der Waals surface area contributed by atoms with Crippen molar-refractivity contribution < 1.29 is 0 Å². The van der Waals surface area contributed by atoms with Gasteiger partial charge in [0.05, 0.1) is 0 Å². The summed E-state index contributed by atoms with van der Waals surface area (Å²) in [6.07, 6.45) is 5.75. The number of hydrogen-bond acceptors (Lipinski definition) is 2. The highest BCUT2D eigenvalue weighted by atomic mass is 14.8. The van der Waals surface area contributed by atoms with E-state index in [9.17, 15) is 0 Å². The second-order valence-electron chi connectivity index (χ2n) is 2.65. The van der Waals surface area contributed by atoms with Crippen LogP contribution in [0.2, 0.25) is 12.6 Å². The third kappa shape index (κ3) is 2.04. The zero-order valence-electron chi connectivity index (χ0n) is 7.12. The van der Waals surface area contributed by atoms with E-state index in [1.807, 2.05) is 6.07 Å². The van der Waals surface area contributed by atoms with Gasteiger partial charge in [0.2, 0.25) is 0 Å². The van der Waals surface area contributed by atoms with E-state index in [1.54, 1.807) is 12.5 Å². The average Bonchev–Trinajstić information content (AvgIpc) is 2.09. The van der Waals surface area contributed by atoms with Gasteiger partial charge in [-0.1, -0.05) is 26.5 Å². The van der Waals surface area contributed by atoms with Crippen molar-refractivity contribution in [1.82, 2.24) is 9.97 Å². The molecule has 0 saturated heterocycles. The Bertz CT molecular complexity index is 197. The van der Waals surface area contributed by atoms with Crippen molar-refractivity contribution in [2.75, 3.05) is 0 Å². The molecule has 11 heavy (non-hydrogen) atoms. The summed E-state index contributed by atoms with van der Waals surface area (Å²) in [7, 11) is 0. The van der Waals surface area contributed by atoms with E-state index in [1.165, 1.54) is 5.59 Å². The first-order valence-electron chi connectivity index (χ1n) is 4.14. The second-order valence-corrected chi connectivity index (χ2v) is 2.65. The molecule has 58 valence electrons. The van der Waals surface area contributed by atoms with Crippen molar-refractivity contribution in [3.63, 3.8) is 0 Å². The Morgan fingerprint density at radius 2 is 2.09 bits per heavy atom. The van der Waals surface area contributed by atoms with Gasteiger partial charge in [-0.25, -0.2) is 4.98 Å². The fraction of sp³-hybridized carbons (Fsp3) is 0.500. The van der Waals surface area contributed by atoms with Crippen LogP contribution in [-0.2, 0) is 0 Å². The summed E-state index contributed by atoms with van der Waals surface area (Å²) >= 11 is 0. The van der Waals surface area contributed by atoms with Crippen LogP contribution in [0.3, 0.4) is 0 Å². The monoisotopic (exact) mass is 148 g/mol. The maximum atomic E-state index is 4.21. The third-order valence-electron chi connectivity index (χ3n) is 2.01. The molecule has 0 amide bonds. The number of hydrogen-bond donors (Lipinski definition) is 0. The van der Waals surface area contributed by atoms with Crippen molar-refractivity contribution in [3.8, 4) is 0 Å². The van der Waals surface area contributed by atoms with E-state index < -0.39 is 0 Å². The number of aromatic nitrogens is 2. The molecule has 1 aromatic rings. The predicted molar refractivity (Wildman–Crippen MR) is 48.4 cm³/mol. The maximum absolute atomic E-state index is 4.21. The number of nitrogens with zero attached hydrogens (tertiary/aromatic N) is 2. The minimum absolute atomic E-state index is 0.609. The molecule has 0 spiro atoms. The summed E-state index contributed by atoms with van der Waals surface area (Å²) in [4.78, 5) is 8.09. The van der Waals surface area contributed by atoms with Gasteiger partial charge in [0, 0.05) is 11.8 Å². The molecule has 0 fully saturated rings. The summed E-state index contributed by atoms with van der Waals surface area (Å²) in [5.41, 5.74) is 1.17. The van der Waals surface area contributed by atoms with Crippen molar-refractivity contribution in [1.29, 1.82) is 0 Å². The van der Waals surface area contributed by atoms with E-state index in [0.717, 1.165) is 12.6 Å². The van der Waals surface area contributed by atoms with E-state index in [0.29, 0.717) is 6.71 Å². The lowest BCUT2D eigenvalue weighted by Gasteiger charge is -2.05. The van der Waals surface area contributed by atoms with E-state index in [-0.39, 0.29) is 0 Å². The maximum Gasteiger partial charge on any atom is 0.199 e. The van der Waals surface area contributed by atoms with Gasteiger partial charge in [-0.05, 0) is 6.07 Å². The Hall–Kier alpha value is -0.855. The Balaban J connectivity index is 2.74. The summed E-state index contributed by atoms with van der Waals surface area (Å²) in [6.45, 7) is 4.99. The van der Waals surface area contributed by atoms with Crippen molar-refractivity contribution in [2.24, 2.45) is 0 Å². The van der Waals surface area contributed by atoms with Crippen LogP contribution in [0.25, 0.3) is 0 Å². The highest BCUT2D eigenvalue weighted by Gasteiger charge is 2.11. The Morgan fingerprint density at radius 3 is 2.55 bits per heavy atom. The van der Waals surface area contributed by atoms with Gasteiger partial charge in [0.1, 0.15) is 6.33 Å². The molecule has 1 aromatic heterocycles. The first-order chi connectivity index (χ1) is 5.38. The van der Waals surface area contributed by atoms with Gasteiger partial charge in [0.25, 0.3) is 0 Å². The predicted octanol–water partition coefficient (Wildman–Crippen LogP) is 1.22. The Morgan fingerprint density at radius 1 is 1.36 bits per heavy atom. The second kappa shape index (κ2) is 4.11. The van der Waals surface area contributed by atoms with Crippen LogP contribution >= 0.6 is 0 Å². The lowest BCUT2D eigenvalue weighted by Crippen LogP contribution is -2.30. The van der Waals surface area contributed by atoms with Gasteiger partial charge in [-0.15, -0.1) is 0 Å². The van der Waals surface area contributed by atoms with Crippen LogP contribution in [0.15, 0.2) is 18.6 Å².